The van der Waals surface area contributed by atoms with Gasteiger partial charge in [-0.1, -0.05) is 72.8 Å². The van der Waals surface area contributed by atoms with Crippen molar-refractivity contribution in [2.75, 3.05) is 18.5 Å². The number of hydrogen-bond acceptors (Lipinski definition) is 4. The molecule has 1 aliphatic heterocycles. The summed E-state index contributed by atoms with van der Waals surface area (Å²) in [6.07, 6.45) is 2.33. The molecule has 1 spiro atoms. The number of aryl methyl sites for hydroxylation is 1. The van der Waals surface area contributed by atoms with Crippen LogP contribution in [0.25, 0.3) is 0 Å². The van der Waals surface area contributed by atoms with E-state index in [1.807, 2.05) is 84.9 Å². The van der Waals surface area contributed by atoms with Crippen LogP contribution in [0.3, 0.4) is 0 Å². The van der Waals surface area contributed by atoms with Gasteiger partial charge in [-0.05, 0) is 48.1 Å². The fourth-order valence-electron chi connectivity index (χ4n) is 5.40. The molecule has 1 aliphatic carbocycles. The maximum atomic E-state index is 13.6. The van der Waals surface area contributed by atoms with Crippen molar-refractivity contribution in [2.24, 2.45) is 0 Å². The largest absolute Gasteiger partial charge is 0.342 e. The molecule has 1 fully saturated rings. The fourth-order valence-corrected chi connectivity index (χ4v) is 5.40. The molecule has 194 valence electrons. The lowest BCUT2D eigenvalue weighted by atomic mass is 9.76. The van der Waals surface area contributed by atoms with E-state index in [-0.39, 0.29) is 12.3 Å². The lowest BCUT2D eigenvalue weighted by Gasteiger charge is -2.33. The summed E-state index contributed by atoms with van der Waals surface area (Å²) in [6.45, 7) is -0.470. The second-order valence-electron chi connectivity index (χ2n) is 9.78. The van der Waals surface area contributed by atoms with E-state index in [0.717, 1.165) is 34.4 Å². The highest BCUT2D eigenvalue weighted by Crippen LogP contribution is 2.39. The monoisotopic (exact) mass is 510 g/mol. The highest BCUT2D eigenvalue weighted by atomic mass is 16.2. The van der Waals surface area contributed by atoms with Crippen molar-refractivity contribution in [2.45, 2.75) is 37.3 Å². The van der Waals surface area contributed by atoms with Crippen LogP contribution in [0.5, 0.6) is 0 Å². The zero-order valence-corrected chi connectivity index (χ0v) is 21.2. The topological polar surface area (TPSA) is 98.8 Å². The van der Waals surface area contributed by atoms with Crippen molar-refractivity contribution >= 4 is 29.4 Å². The molecular formula is C30H30N4O4. The van der Waals surface area contributed by atoms with Crippen molar-refractivity contribution in [1.29, 1.82) is 0 Å². The van der Waals surface area contributed by atoms with Crippen molar-refractivity contribution in [3.05, 3.63) is 102 Å². The average molecular weight is 511 g/mol. The highest BCUT2D eigenvalue weighted by molar-refractivity contribution is 6.10. The number of likely N-dealkylation sites (N-methyl/N-ethyl adjacent to an activating group) is 1. The molecule has 1 unspecified atom stereocenters. The van der Waals surface area contributed by atoms with Crippen molar-refractivity contribution in [3.8, 4) is 0 Å². The average Bonchev–Trinajstić information content (AvgIpc) is 3.17. The van der Waals surface area contributed by atoms with Crippen LogP contribution in [0.2, 0.25) is 0 Å². The van der Waals surface area contributed by atoms with Gasteiger partial charge in [0, 0.05) is 19.2 Å². The summed E-state index contributed by atoms with van der Waals surface area (Å²) >= 11 is 0. The van der Waals surface area contributed by atoms with Gasteiger partial charge >= 0.3 is 6.03 Å². The van der Waals surface area contributed by atoms with Crippen LogP contribution in [0, 0.1) is 0 Å². The number of nitrogens with zero attached hydrogens (tertiary/aromatic N) is 2. The molecule has 3 aromatic carbocycles. The predicted molar refractivity (Wildman–Crippen MR) is 143 cm³/mol. The van der Waals surface area contributed by atoms with E-state index in [1.54, 1.807) is 7.05 Å². The molecule has 1 saturated heterocycles. The molecule has 5 amide bonds. The summed E-state index contributed by atoms with van der Waals surface area (Å²) in [5.74, 6) is -1.31. The Morgan fingerprint density at radius 3 is 2.37 bits per heavy atom. The standard InChI is InChI=1S/C30H30N4O4/c1-33(23-15-6-3-7-16-23)27(36)25(19-21-11-4-2-5-12-21)31-26(35)20-34-28(37)30(32-29(34)38)18-10-14-22-13-8-9-17-24(22)30/h2-9,11-13,15-17,25H,10,14,18-20H2,1H3,(H,31,35)(H,32,38)/t25-,30?/m0/s1. The van der Waals surface area contributed by atoms with E-state index in [2.05, 4.69) is 10.6 Å². The van der Waals surface area contributed by atoms with Crippen LogP contribution < -0.4 is 15.5 Å². The first-order valence-electron chi connectivity index (χ1n) is 12.8. The van der Waals surface area contributed by atoms with Crippen LogP contribution in [-0.4, -0.2) is 48.3 Å². The number of carbonyl (C=O) groups excluding carboxylic acids is 4. The number of para-hydroxylation sites is 1. The highest BCUT2D eigenvalue weighted by Gasteiger charge is 2.54. The molecule has 5 rings (SSSR count). The van der Waals surface area contributed by atoms with E-state index in [4.69, 9.17) is 0 Å². The quantitative estimate of drug-likeness (QED) is 0.477. The summed E-state index contributed by atoms with van der Waals surface area (Å²) in [6, 6.07) is 24.7. The molecule has 3 aromatic rings. The second kappa shape index (κ2) is 10.5. The Kier molecular flexibility index (Phi) is 6.96. The Balaban J connectivity index is 1.34. The smallest absolute Gasteiger partial charge is 0.325 e. The molecule has 38 heavy (non-hydrogen) atoms. The van der Waals surface area contributed by atoms with E-state index in [0.29, 0.717) is 12.1 Å². The van der Waals surface area contributed by atoms with Gasteiger partial charge in [0.15, 0.2) is 0 Å². The SMILES string of the molecule is CN(C(=O)[C@H](Cc1ccccc1)NC(=O)CN1C(=O)NC2(CCCc3ccccc32)C1=O)c1ccccc1. The Morgan fingerprint density at radius 2 is 1.63 bits per heavy atom. The normalized spacial score (nSPS) is 19.0. The van der Waals surface area contributed by atoms with Crippen LogP contribution in [-0.2, 0) is 32.8 Å². The van der Waals surface area contributed by atoms with Gasteiger partial charge in [-0.3, -0.25) is 19.3 Å². The minimum absolute atomic E-state index is 0.264. The molecule has 8 nitrogen and oxygen atoms in total. The first-order valence-corrected chi connectivity index (χ1v) is 12.8. The summed E-state index contributed by atoms with van der Waals surface area (Å²) in [4.78, 5) is 55.7. The summed E-state index contributed by atoms with van der Waals surface area (Å²) in [7, 11) is 1.66. The van der Waals surface area contributed by atoms with E-state index in [9.17, 15) is 19.2 Å². The number of urea groups is 1. The van der Waals surface area contributed by atoms with Crippen molar-refractivity contribution < 1.29 is 19.2 Å². The maximum Gasteiger partial charge on any atom is 0.325 e. The van der Waals surface area contributed by atoms with E-state index >= 15 is 0 Å². The van der Waals surface area contributed by atoms with Gasteiger partial charge in [-0.15, -0.1) is 0 Å². The zero-order valence-electron chi connectivity index (χ0n) is 21.2. The fraction of sp³-hybridized carbons (Fsp3) is 0.267. The number of hydrogen-bond donors (Lipinski definition) is 2. The van der Waals surface area contributed by atoms with Gasteiger partial charge < -0.3 is 15.5 Å². The molecule has 0 aromatic heterocycles. The van der Waals surface area contributed by atoms with Gasteiger partial charge in [-0.25, -0.2) is 4.79 Å². The Morgan fingerprint density at radius 1 is 0.974 bits per heavy atom. The van der Waals surface area contributed by atoms with Gasteiger partial charge in [0.05, 0.1) is 0 Å². The molecule has 8 heteroatoms. The third-order valence-electron chi connectivity index (χ3n) is 7.34. The summed E-state index contributed by atoms with van der Waals surface area (Å²) in [5.41, 5.74) is 2.22. The number of anilines is 1. The zero-order chi connectivity index (χ0) is 26.7. The molecular weight excluding hydrogens is 480 g/mol. The van der Waals surface area contributed by atoms with Crippen LogP contribution in [0.4, 0.5) is 10.5 Å². The third-order valence-corrected chi connectivity index (χ3v) is 7.34. The van der Waals surface area contributed by atoms with E-state index < -0.39 is 36.0 Å². The predicted octanol–water partition coefficient (Wildman–Crippen LogP) is 3.16. The number of benzene rings is 3. The van der Waals surface area contributed by atoms with Crippen molar-refractivity contribution in [1.82, 2.24) is 15.5 Å². The first kappa shape index (κ1) is 25.2. The van der Waals surface area contributed by atoms with Crippen LogP contribution in [0.15, 0.2) is 84.9 Å². The van der Waals surface area contributed by atoms with E-state index in [1.165, 1.54) is 4.90 Å². The van der Waals surface area contributed by atoms with Gasteiger partial charge in [-0.2, -0.15) is 0 Å². The lowest BCUT2D eigenvalue weighted by Crippen LogP contribution is -2.52. The number of nitrogens with one attached hydrogen (secondary N) is 2. The minimum Gasteiger partial charge on any atom is -0.342 e. The molecule has 2 aliphatic rings. The molecule has 2 atom stereocenters. The van der Waals surface area contributed by atoms with Gasteiger partial charge in [0.1, 0.15) is 18.1 Å². The molecule has 0 bridgehead atoms. The third kappa shape index (κ3) is 4.77. The van der Waals surface area contributed by atoms with Gasteiger partial charge in [0.2, 0.25) is 11.8 Å². The van der Waals surface area contributed by atoms with Gasteiger partial charge in [0.25, 0.3) is 5.91 Å². The number of fused-ring (bicyclic) bond motifs is 2. The first-order chi connectivity index (χ1) is 18.4. The lowest BCUT2D eigenvalue weighted by molar-refractivity contribution is -0.136. The minimum atomic E-state index is -1.15. The summed E-state index contributed by atoms with van der Waals surface area (Å²) < 4.78 is 0. The van der Waals surface area contributed by atoms with Crippen LogP contribution in [0.1, 0.15) is 29.5 Å². The molecule has 0 saturated carbocycles. The number of rotatable bonds is 7. The second-order valence-corrected chi connectivity index (χ2v) is 9.78. The van der Waals surface area contributed by atoms with Crippen molar-refractivity contribution in [3.63, 3.8) is 0 Å². The summed E-state index contributed by atoms with van der Waals surface area (Å²) in [5, 5.41) is 5.66. The Labute approximate surface area is 221 Å². The number of imide groups is 1. The Hall–Kier alpha value is -4.46. The maximum absolute atomic E-state index is 13.6. The number of carbonyl (C=O) groups is 4. The molecule has 2 N–H and O–H groups in total. The Bertz CT molecular complexity index is 1360. The molecule has 1 heterocycles. The number of amides is 5. The molecule has 0 radical (unpaired) electrons. The van der Waals surface area contributed by atoms with Crippen LogP contribution >= 0.6 is 0 Å².